The fourth-order valence-corrected chi connectivity index (χ4v) is 3.26. The Balaban J connectivity index is 1.43. The van der Waals surface area contributed by atoms with Gasteiger partial charge in [0.25, 0.3) is 5.89 Å². The standard InChI is InChI=1S/C18H28N6O2/c1-3-24-15(13-14(2)22-24)18-21-20-17(26-18)8-7-16(25)19-9-12-23-10-5-4-6-11-23/h13H,3-12H2,1-2H3,(H,19,25). The number of aryl methyl sites for hydroxylation is 3. The summed E-state index contributed by atoms with van der Waals surface area (Å²) in [5.41, 5.74) is 1.73. The third-order valence-electron chi connectivity index (χ3n) is 4.65. The second-order valence-corrected chi connectivity index (χ2v) is 6.74. The Bertz CT molecular complexity index is 717. The molecule has 0 saturated carbocycles. The number of hydrogen-bond donors (Lipinski definition) is 1. The first-order chi connectivity index (χ1) is 12.7. The number of nitrogens with one attached hydrogen (secondary N) is 1. The first-order valence-corrected chi connectivity index (χ1v) is 9.52. The Labute approximate surface area is 154 Å². The van der Waals surface area contributed by atoms with Crippen LogP contribution in [0, 0.1) is 6.92 Å². The molecule has 8 heteroatoms. The Morgan fingerprint density at radius 3 is 2.85 bits per heavy atom. The molecular weight excluding hydrogens is 332 g/mol. The van der Waals surface area contributed by atoms with Crippen LogP contribution >= 0.6 is 0 Å². The van der Waals surface area contributed by atoms with Crippen LogP contribution in [0.2, 0.25) is 0 Å². The molecule has 1 saturated heterocycles. The van der Waals surface area contributed by atoms with Gasteiger partial charge in [-0.3, -0.25) is 9.48 Å². The number of nitrogens with zero attached hydrogens (tertiary/aromatic N) is 5. The summed E-state index contributed by atoms with van der Waals surface area (Å²) < 4.78 is 7.54. The molecule has 1 aliphatic heterocycles. The first kappa shape index (κ1) is 18.6. The highest BCUT2D eigenvalue weighted by Gasteiger charge is 2.15. The van der Waals surface area contributed by atoms with E-state index in [4.69, 9.17) is 4.42 Å². The highest BCUT2D eigenvalue weighted by Crippen LogP contribution is 2.19. The van der Waals surface area contributed by atoms with Crippen LogP contribution < -0.4 is 5.32 Å². The van der Waals surface area contributed by atoms with Gasteiger partial charge in [0.1, 0.15) is 5.69 Å². The van der Waals surface area contributed by atoms with E-state index in [0.717, 1.165) is 37.6 Å². The molecule has 8 nitrogen and oxygen atoms in total. The van der Waals surface area contributed by atoms with Crippen molar-refractivity contribution in [2.75, 3.05) is 26.2 Å². The van der Waals surface area contributed by atoms with Gasteiger partial charge >= 0.3 is 0 Å². The van der Waals surface area contributed by atoms with Gasteiger partial charge < -0.3 is 14.6 Å². The lowest BCUT2D eigenvalue weighted by Gasteiger charge is -2.26. The lowest BCUT2D eigenvalue weighted by atomic mass is 10.1. The number of rotatable bonds is 8. The van der Waals surface area contributed by atoms with E-state index >= 15 is 0 Å². The van der Waals surface area contributed by atoms with Crippen LogP contribution in [-0.2, 0) is 17.8 Å². The number of aromatic nitrogens is 4. The lowest BCUT2D eigenvalue weighted by Crippen LogP contribution is -2.37. The van der Waals surface area contributed by atoms with Gasteiger partial charge in [-0.15, -0.1) is 10.2 Å². The van der Waals surface area contributed by atoms with Gasteiger partial charge in [-0.1, -0.05) is 6.42 Å². The number of carbonyl (C=O) groups excluding carboxylic acids is 1. The number of hydrogen-bond acceptors (Lipinski definition) is 6. The molecule has 1 fully saturated rings. The van der Waals surface area contributed by atoms with E-state index in [1.54, 1.807) is 0 Å². The van der Waals surface area contributed by atoms with Gasteiger partial charge in [0, 0.05) is 32.5 Å². The van der Waals surface area contributed by atoms with Crippen molar-refractivity contribution in [1.82, 2.24) is 30.2 Å². The molecule has 2 aromatic heterocycles. The normalized spacial score (nSPS) is 15.3. The number of amides is 1. The Morgan fingerprint density at radius 2 is 2.08 bits per heavy atom. The highest BCUT2D eigenvalue weighted by molar-refractivity contribution is 5.76. The monoisotopic (exact) mass is 360 g/mol. The van der Waals surface area contributed by atoms with Gasteiger partial charge in [0.15, 0.2) is 0 Å². The van der Waals surface area contributed by atoms with Crippen LogP contribution in [-0.4, -0.2) is 57.0 Å². The fraction of sp³-hybridized carbons (Fsp3) is 0.667. The molecule has 0 aliphatic carbocycles. The van der Waals surface area contributed by atoms with Crippen molar-refractivity contribution >= 4 is 5.91 Å². The molecule has 1 aliphatic rings. The average molecular weight is 360 g/mol. The summed E-state index contributed by atoms with van der Waals surface area (Å²) in [6.07, 6.45) is 4.66. The van der Waals surface area contributed by atoms with Crippen LogP contribution in [0.4, 0.5) is 0 Å². The van der Waals surface area contributed by atoms with Gasteiger partial charge in [0.05, 0.1) is 5.69 Å². The molecule has 0 bridgehead atoms. The molecule has 1 amide bonds. The van der Waals surface area contributed by atoms with Crippen molar-refractivity contribution in [2.24, 2.45) is 0 Å². The van der Waals surface area contributed by atoms with Crippen LogP contribution in [0.25, 0.3) is 11.6 Å². The smallest absolute Gasteiger partial charge is 0.265 e. The van der Waals surface area contributed by atoms with Crippen LogP contribution in [0.1, 0.15) is 44.2 Å². The van der Waals surface area contributed by atoms with Gasteiger partial charge in [-0.2, -0.15) is 5.10 Å². The predicted molar refractivity (Wildman–Crippen MR) is 97.6 cm³/mol. The SMILES string of the molecule is CCn1nc(C)cc1-c1nnc(CCC(=O)NCCN2CCCCC2)o1. The van der Waals surface area contributed by atoms with E-state index < -0.39 is 0 Å². The summed E-state index contributed by atoms with van der Waals surface area (Å²) in [6.45, 7) is 8.60. The van der Waals surface area contributed by atoms with Crippen LogP contribution in [0.15, 0.2) is 10.5 Å². The van der Waals surface area contributed by atoms with Gasteiger partial charge in [-0.05, 0) is 45.8 Å². The van der Waals surface area contributed by atoms with Crippen LogP contribution in [0.5, 0.6) is 0 Å². The summed E-state index contributed by atoms with van der Waals surface area (Å²) in [7, 11) is 0. The van der Waals surface area contributed by atoms with E-state index in [2.05, 4.69) is 25.5 Å². The second-order valence-electron chi connectivity index (χ2n) is 6.74. The van der Waals surface area contributed by atoms with E-state index in [0.29, 0.717) is 31.2 Å². The minimum absolute atomic E-state index is 0.0243. The molecule has 0 radical (unpaired) electrons. The highest BCUT2D eigenvalue weighted by atomic mass is 16.4. The van der Waals surface area contributed by atoms with E-state index in [1.165, 1.54) is 19.3 Å². The zero-order chi connectivity index (χ0) is 18.4. The maximum absolute atomic E-state index is 12.0. The Hall–Kier alpha value is -2.22. The quantitative estimate of drug-likeness (QED) is 0.772. The molecule has 0 aromatic carbocycles. The molecule has 0 unspecified atom stereocenters. The van der Waals surface area contributed by atoms with Gasteiger partial charge in [-0.25, -0.2) is 0 Å². The Kier molecular flexibility index (Phi) is 6.38. The minimum Gasteiger partial charge on any atom is -0.419 e. The van der Waals surface area contributed by atoms with Crippen molar-refractivity contribution in [3.63, 3.8) is 0 Å². The summed E-state index contributed by atoms with van der Waals surface area (Å²) in [5.74, 6) is 0.955. The van der Waals surface area contributed by atoms with E-state index in [9.17, 15) is 4.79 Å². The van der Waals surface area contributed by atoms with Crippen molar-refractivity contribution < 1.29 is 9.21 Å². The average Bonchev–Trinajstić information content (AvgIpc) is 3.27. The third kappa shape index (κ3) is 4.91. The summed E-state index contributed by atoms with van der Waals surface area (Å²) in [5, 5.41) is 15.5. The number of carbonyl (C=O) groups is 1. The zero-order valence-electron chi connectivity index (χ0n) is 15.7. The van der Waals surface area contributed by atoms with Gasteiger partial charge in [0.2, 0.25) is 11.8 Å². The summed E-state index contributed by atoms with van der Waals surface area (Å²) >= 11 is 0. The Morgan fingerprint density at radius 1 is 1.27 bits per heavy atom. The molecule has 142 valence electrons. The topological polar surface area (TPSA) is 89.1 Å². The van der Waals surface area contributed by atoms with Crippen molar-refractivity contribution in [1.29, 1.82) is 0 Å². The second kappa shape index (κ2) is 8.93. The maximum Gasteiger partial charge on any atom is 0.265 e. The molecule has 2 aromatic rings. The molecule has 1 N–H and O–H groups in total. The van der Waals surface area contributed by atoms with Crippen molar-refractivity contribution in [3.05, 3.63) is 17.7 Å². The third-order valence-corrected chi connectivity index (χ3v) is 4.65. The molecule has 26 heavy (non-hydrogen) atoms. The molecule has 3 rings (SSSR count). The van der Waals surface area contributed by atoms with Crippen LogP contribution in [0.3, 0.4) is 0 Å². The molecule has 3 heterocycles. The first-order valence-electron chi connectivity index (χ1n) is 9.52. The number of likely N-dealkylation sites (tertiary alicyclic amines) is 1. The molecular formula is C18H28N6O2. The maximum atomic E-state index is 12.0. The predicted octanol–water partition coefficient (Wildman–Crippen LogP) is 1.80. The van der Waals surface area contributed by atoms with Crippen molar-refractivity contribution in [3.8, 4) is 11.6 Å². The van der Waals surface area contributed by atoms with Crippen molar-refractivity contribution in [2.45, 2.75) is 52.5 Å². The lowest BCUT2D eigenvalue weighted by molar-refractivity contribution is -0.121. The largest absolute Gasteiger partial charge is 0.419 e. The summed E-state index contributed by atoms with van der Waals surface area (Å²) in [4.78, 5) is 14.4. The minimum atomic E-state index is 0.0243. The van der Waals surface area contributed by atoms with E-state index in [-0.39, 0.29) is 5.91 Å². The summed E-state index contributed by atoms with van der Waals surface area (Å²) in [6, 6.07) is 1.92. The zero-order valence-corrected chi connectivity index (χ0v) is 15.7. The number of piperidine rings is 1. The molecule has 0 atom stereocenters. The molecule has 0 spiro atoms. The van der Waals surface area contributed by atoms with E-state index in [1.807, 2.05) is 24.6 Å². The fourth-order valence-electron chi connectivity index (χ4n) is 3.26.